The van der Waals surface area contributed by atoms with Crippen molar-refractivity contribution < 1.29 is 14.1 Å². The molecule has 2 aromatic carbocycles. The van der Waals surface area contributed by atoms with Crippen LogP contribution >= 0.6 is 23.2 Å². The predicted molar refractivity (Wildman–Crippen MR) is 103 cm³/mol. The SMILES string of the molecule is CC(Nc1ccc(NC(=O)COc2cc(Cl)ccc2Cl)cc1)=[N+](C)C. The molecule has 2 N–H and O–H groups in total. The second kappa shape index (κ2) is 8.74. The van der Waals surface area contributed by atoms with Crippen LogP contribution in [0.5, 0.6) is 5.75 Å². The minimum Gasteiger partial charge on any atom is -0.482 e. The molecule has 0 radical (unpaired) electrons. The van der Waals surface area contributed by atoms with E-state index in [1.165, 1.54) is 0 Å². The van der Waals surface area contributed by atoms with Crippen LogP contribution in [0.2, 0.25) is 10.0 Å². The first-order valence-corrected chi connectivity index (χ1v) is 8.36. The van der Waals surface area contributed by atoms with Crippen LogP contribution in [0.1, 0.15) is 6.92 Å². The number of nitrogens with one attached hydrogen (secondary N) is 2. The van der Waals surface area contributed by atoms with E-state index < -0.39 is 0 Å². The van der Waals surface area contributed by atoms with Gasteiger partial charge in [-0.2, -0.15) is 0 Å². The second-order valence-corrected chi connectivity index (χ2v) is 6.44. The molecular weight excluding hydrogens is 361 g/mol. The van der Waals surface area contributed by atoms with Gasteiger partial charge in [0.1, 0.15) is 11.4 Å². The van der Waals surface area contributed by atoms with E-state index in [0.717, 1.165) is 11.5 Å². The van der Waals surface area contributed by atoms with Crippen molar-refractivity contribution in [3.63, 3.8) is 0 Å². The number of carbonyl (C=O) groups is 1. The normalized spacial score (nSPS) is 10.1. The van der Waals surface area contributed by atoms with Gasteiger partial charge in [0.2, 0.25) is 5.84 Å². The number of amidine groups is 1. The standard InChI is InChI=1S/C18H19Cl2N3O2/c1-12(23(2)3)21-14-5-7-15(8-6-14)22-18(24)11-25-17-10-13(19)4-9-16(17)20/h4-10H,11H2,1-3H3,(H,22,24)/p+1. The van der Waals surface area contributed by atoms with E-state index in [1.807, 2.05) is 49.9 Å². The Balaban J connectivity index is 1.90. The Morgan fingerprint density at radius 2 is 1.64 bits per heavy atom. The fraction of sp³-hybridized carbons (Fsp3) is 0.222. The number of nitrogens with zero attached hydrogens (tertiary/aromatic N) is 1. The van der Waals surface area contributed by atoms with Gasteiger partial charge in [0, 0.05) is 23.7 Å². The van der Waals surface area contributed by atoms with Crippen LogP contribution in [0, 0.1) is 0 Å². The molecule has 0 heterocycles. The minimum absolute atomic E-state index is 0.159. The second-order valence-electron chi connectivity index (χ2n) is 5.59. The number of anilines is 2. The van der Waals surface area contributed by atoms with Crippen molar-refractivity contribution >= 4 is 46.3 Å². The molecule has 0 saturated heterocycles. The first-order chi connectivity index (χ1) is 11.8. The summed E-state index contributed by atoms with van der Waals surface area (Å²) in [6.45, 7) is 1.82. The Morgan fingerprint density at radius 3 is 2.24 bits per heavy atom. The van der Waals surface area contributed by atoms with E-state index in [2.05, 4.69) is 10.6 Å². The first-order valence-electron chi connectivity index (χ1n) is 7.61. The lowest BCUT2D eigenvalue weighted by Gasteiger charge is -2.09. The van der Waals surface area contributed by atoms with Crippen molar-refractivity contribution in [3.8, 4) is 5.75 Å². The van der Waals surface area contributed by atoms with Crippen LogP contribution in [0.15, 0.2) is 42.5 Å². The number of ether oxygens (including phenoxy) is 1. The number of halogens is 2. The maximum atomic E-state index is 12.0. The average molecular weight is 381 g/mol. The van der Waals surface area contributed by atoms with Gasteiger partial charge >= 0.3 is 0 Å². The highest BCUT2D eigenvalue weighted by Crippen LogP contribution is 2.27. The van der Waals surface area contributed by atoms with E-state index in [-0.39, 0.29) is 12.5 Å². The zero-order valence-corrected chi connectivity index (χ0v) is 15.8. The van der Waals surface area contributed by atoms with Crippen LogP contribution in [-0.2, 0) is 4.79 Å². The summed E-state index contributed by atoms with van der Waals surface area (Å²) in [7, 11) is 3.92. The molecule has 0 bridgehead atoms. The Hall–Kier alpha value is -2.24. The van der Waals surface area contributed by atoms with Gasteiger partial charge in [-0.05, 0) is 36.4 Å². The van der Waals surface area contributed by atoms with Crippen LogP contribution in [0.25, 0.3) is 0 Å². The van der Waals surface area contributed by atoms with E-state index >= 15 is 0 Å². The highest BCUT2D eigenvalue weighted by atomic mass is 35.5. The number of rotatable bonds is 5. The zero-order valence-electron chi connectivity index (χ0n) is 14.3. The van der Waals surface area contributed by atoms with Crippen molar-refractivity contribution in [1.82, 2.24) is 0 Å². The highest BCUT2D eigenvalue weighted by molar-refractivity contribution is 6.34. The Bertz CT molecular complexity index is 785. The third-order valence-electron chi connectivity index (χ3n) is 3.42. The quantitative estimate of drug-likeness (QED) is 0.466. The fourth-order valence-corrected chi connectivity index (χ4v) is 2.22. The summed E-state index contributed by atoms with van der Waals surface area (Å²) in [5, 5.41) is 6.92. The fourth-order valence-electron chi connectivity index (χ4n) is 1.89. The molecule has 0 atom stereocenters. The average Bonchev–Trinajstić information content (AvgIpc) is 2.57. The van der Waals surface area contributed by atoms with Gasteiger partial charge in [0.25, 0.3) is 5.91 Å². The number of hydrogen-bond donors (Lipinski definition) is 2. The molecule has 2 rings (SSSR count). The molecule has 0 spiro atoms. The van der Waals surface area contributed by atoms with Crippen molar-refractivity contribution in [1.29, 1.82) is 0 Å². The molecule has 0 fully saturated rings. The molecule has 5 nitrogen and oxygen atoms in total. The molecule has 0 saturated carbocycles. The molecule has 0 aliphatic heterocycles. The van der Waals surface area contributed by atoms with Crippen LogP contribution in [-0.4, -0.2) is 37.0 Å². The smallest absolute Gasteiger partial charge is 0.262 e. The molecule has 0 aliphatic rings. The molecule has 2 aromatic rings. The molecule has 0 unspecified atom stereocenters. The van der Waals surface area contributed by atoms with E-state index in [9.17, 15) is 4.79 Å². The maximum Gasteiger partial charge on any atom is 0.262 e. The molecule has 0 aromatic heterocycles. The monoisotopic (exact) mass is 380 g/mol. The molecule has 132 valence electrons. The minimum atomic E-state index is -0.284. The first kappa shape index (κ1) is 19.1. The summed E-state index contributed by atoms with van der Waals surface area (Å²) in [6, 6.07) is 12.2. The molecule has 7 heteroatoms. The Morgan fingerprint density at radius 1 is 1.04 bits per heavy atom. The number of carbonyl (C=O) groups excluding carboxylic acids is 1. The van der Waals surface area contributed by atoms with Crippen molar-refractivity contribution in [2.45, 2.75) is 6.92 Å². The predicted octanol–water partition coefficient (Wildman–Crippen LogP) is 4.11. The molecule has 0 aliphatic carbocycles. The van der Waals surface area contributed by atoms with Gasteiger partial charge in [-0.25, -0.2) is 5.32 Å². The molecule has 1 amide bonds. The van der Waals surface area contributed by atoms with Gasteiger partial charge < -0.3 is 10.1 Å². The van der Waals surface area contributed by atoms with Gasteiger partial charge in [-0.3, -0.25) is 9.37 Å². The number of amides is 1. The third-order valence-corrected chi connectivity index (χ3v) is 3.96. The molecule has 25 heavy (non-hydrogen) atoms. The summed E-state index contributed by atoms with van der Waals surface area (Å²) >= 11 is 11.9. The van der Waals surface area contributed by atoms with E-state index in [4.69, 9.17) is 27.9 Å². The van der Waals surface area contributed by atoms with Gasteiger partial charge in [0.05, 0.1) is 19.1 Å². The summed E-state index contributed by atoms with van der Waals surface area (Å²) in [5.41, 5.74) is 1.62. The summed E-state index contributed by atoms with van der Waals surface area (Å²) in [6.07, 6.45) is 0. The van der Waals surface area contributed by atoms with Crippen molar-refractivity contribution in [2.24, 2.45) is 0 Å². The number of benzene rings is 2. The Kier molecular flexibility index (Phi) is 6.67. The maximum absolute atomic E-state index is 12.0. The Labute approximate surface area is 157 Å². The van der Waals surface area contributed by atoms with Crippen molar-refractivity contribution in [3.05, 3.63) is 52.5 Å². The lowest BCUT2D eigenvalue weighted by Crippen LogP contribution is -2.20. The topological polar surface area (TPSA) is 53.4 Å². The van der Waals surface area contributed by atoms with E-state index in [0.29, 0.717) is 21.5 Å². The zero-order chi connectivity index (χ0) is 18.4. The van der Waals surface area contributed by atoms with Gasteiger partial charge in [-0.1, -0.05) is 23.2 Å². The van der Waals surface area contributed by atoms with E-state index in [1.54, 1.807) is 18.2 Å². The lowest BCUT2D eigenvalue weighted by molar-refractivity contribution is -0.464. The highest BCUT2D eigenvalue weighted by Gasteiger charge is 2.08. The third kappa shape index (κ3) is 5.96. The lowest BCUT2D eigenvalue weighted by atomic mass is 10.2. The van der Waals surface area contributed by atoms with Crippen LogP contribution in [0.4, 0.5) is 11.4 Å². The number of hydrogen-bond acceptors (Lipinski definition) is 2. The van der Waals surface area contributed by atoms with Crippen molar-refractivity contribution in [2.75, 3.05) is 31.3 Å². The van der Waals surface area contributed by atoms with Gasteiger partial charge in [-0.15, -0.1) is 0 Å². The van der Waals surface area contributed by atoms with Crippen LogP contribution < -0.4 is 15.4 Å². The summed E-state index contributed by atoms with van der Waals surface area (Å²) in [5.74, 6) is 1.11. The summed E-state index contributed by atoms with van der Waals surface area (Å²) < 4.78 is 7.38. The summed E-state index contributed by atoms with van der Waals surface area (Å²) in [4.78, 5) is 12.0. The largest absolute Gasteiger partial charge is 0.482 e. The molecular formula is C18H20Cl2N3O2+. The van der Waals surface area contributed by atoms with Crippen LogP contribution in [0.3, 0.4) is 0 Å². The van der Waals surface area contributed by atoms with Gasteiger partial charge in [0.15, 0.2) is 6.61 Å².